The van der Waals surface area contributed by atoms with E-state index in [1.807, 2.05) is 54.6 Å². The Bertz CT molecular complexity index is 626. The lowest BCUT2D eigenvalue weighted by Crippen LogP contribution is -2.37. The van der Waals surface area contributed by atoms with Gasteiger partial charge in [-0.05, 0) is 35.7 Å². The lowest BCUT2D eigenvalue weighted by molar-refractivity contribution is -0.142. The van der Waals surface area contributed by atoms with E-state index in [2.05, 4.69) is 34.7 Å². The van der Waals surface area contributed by atoms with Crippen LogP contribution in [0.5, 0.6) is 0 Å². The molecule has 2 rings (SSSR count). The molecule has 0 amide bonds. The first kappa shape index (κ1) is 17.5. The van der Waals surface area contributed by atoms with E-state index in [0.29, 0.717) is 5.92 Å². The third-order valence-corrected chi connectivity index (χ3v) is 4.10. The Hall–Kier alpha value is -1.81. The molecule has 0 heterocycles. The summed E-state index contributed by atoms with van der Waals surface area (Å²) in [6.07, 6.45) is 0. The second kappa shape index (κ2) is 8.16. The van der Waals surface area contributed by atoms with Crippen molar-refractivity contribution in [2.24, 2.45) is 5.92 Å². The zero-order valence-electron chi connectivity index (χ0n) is 13.7. The van der Waals surface area contributed by atoms with E-state index < -0.39 is 6.04 Å². The van der Waals surface area contributed by atoms with E-state index in [-0.39, 0.29) is 5.97 Å². The molecule has 0 aromatic heterocycles. The normalized spacial score (nSPS) is 12.0. The molecule has 0 fully saturated rings. The summed E-state index contributed by atoms with van der Waals surface area (Å²) in [5.74, 6) is 0.162. The molecule has 3 nitrogen and oxygen atoms in total. The lowest BCUT2D eigenvalue weighted by Gasteiger charge is -2.33. The van der Waals surface area contributed by atoms with E-state index in [1.165, 1.54) is 7.11 Å². The molecule has 1 unspecified atom stereocenters. The Balaban J connectivity index is 2.47. The molecular formula is C19H22BrNO2. The fourth-order valence-electron chi connectivity index (χ4n) is 2.57. The van der Waals surface area contributed by atoms with Gasteiger partial charge in [-0.15, -0.1) is 0 Å². The van der Waals surface area contributed by atoms with Gasteiger partial charge in [0.15, 0.2) is 6.04 Å². The average molecular weight is 376 g/mol. The average Bonchev–Trinajstić information content (AvgIpc) is 2.56. The van der Waals surface area contributed by atoms with Crippen LogP contribution in [0, 0.1) is 5.92 Å². The van der Waals surface area contributed by atoms with Crippen LogP contribution in [0.15, 0.2) is 59.1 Å². The van der Waals surface area contributed by atoms with Gasteiger partial charge < -0.3 is 9.64 Å². The van der Waals surface area contributed by atoms with Crippen molar-refractivity contribution in [1.82, 2.24) is 0 Å². The first-order chi connectivity index (χ1) is 11.0. The molecule has 0 radical (unpaired) electrons. The standard InChI is InChI=1S/C19H22BrNO2/c1-14(2)13-21(17-7-5-4-6-8-17)18(19(22)23-3)15-9-11-16(20)12-10-15/h4-12,14,18H,13H2,1-3H3. The molecule has 0 aliphatic heterocycles. The summed E-state index contributed by atoms with van der Waals surface area (Å²) in [6.45, 7) is 5.05. The van der Waals surface area contributed by atoms with E-state index in [0.717, 1.165) is 22.3 Å². The Labute approximate surface area is 146 Å². The Kier molecular flexibility index (Phi) is 6.22. The molecule has 0 N–H and O–H groups in total. The summed E-state index contributed by atoms with van der Waals surface area (Å²) in [5, 5.41) is 0. The quantitative estimate of drug-likeness (QED) is 0.677. The van der Waals surface area contributed by atoms with E-state index in [9.17, 15) is 4.79 Å². The Morgan fingerprint density at radius 1 is 1.09 bits per heavy atom. The van der Waals surface area contributed by atoms with Gasteiger partial charge in [-0.3, -0.25) is 0 Å². The SMILES string of the molecule is COC(=O)C(c1ccc(Br)cc1)N(CC(C)C)c1ccccc1. The van der Waals surface area contributed by atoms with Crippen LogP contribution in [0.25, 0.3) is 0 Å². The number of hydrogen-bond acceptors (Lipinski definition) is 3. The van der Waals surface area contributed by atoms with E-state index >= 15 is 0 Å². The molecule has 2 aromatic carbocycles. The fourth-order valence-corrected chi connectivity index (χ4v) is 2.84. The van der Waals surface area contributed by atoms with Crippen LogP contribution in [-0.2, 0) is 9.53 Å². The number of nitrogens with zero attached hydrogens (tertiary/aromatic N) is 1. The molecule has 0 bridgehead atoms. The number of rotatable bonds is 6. The number of halogens is 1. The molecule has 4 heteroatoms. The number of carbonyl (C=O) groups is 1. The minimum atomic E-state index is -0.460. The van der Waals surface area contributed by atoms with Crippen molar-refractivity contribution < 1.29 is 9.53 Å². The third kappa shape index (κ3) is 4.58. The molecule has 0 saturated heterocycles. The second-order valence-corrected chi connectivity index (χ2v) is 6.77. The minimum Gasteiger partial charge on any atom is -0.467 e. The lowest BCUT2D eigenvalue weighted by atomic mass is 10.0. The molecule has 0 saturated carbocycles. The van der Waals surface area contributed by atoms with Crippen molar-refractivity contribution in [3.63, 3.8) is 0 Å². The number of para-hydroxylation sites is 1. The van der Waals surface area contributed by atoms with Crippen molar-refractivity contribution >= 4 is 27.6 Å². The summed E-state index contributed by atoms with van der Waals surface area (Å²) < 4.78 is 6.07. The monoisotopic (exact) mass is 375 g/mol. The van der Waals surface area contributed by atoms with Crippen molar-refractivity contribution in [1.29, 1.82) is 0 Å². The summed E-state index contributed by atoms with van der Waals surface area (Å²) in [7, 11) is 1.44. The van der Waals surface area contributed by atoms with E-state index in [4.69, 9.17) is 4.74 Å². The maximum absolute atomic E-state index is 12.5. The maximum atomic E-state index is 12.5. The highest BCUT2D eigenvalue weighted by atomic mass is 79.9. The fraction of sp³-hybridized carbons (Fsp3) is 0.316. The molecule has 2 aromatic rings. The predicted octanol–water partition coefficient (Wildman–Crippen LogP) is 4.83. The highest BCUT2D eigenvalue weighted by molar-refractivity contribution is 9.10. The van der Waals surface area contributed by atoms with Crippen molar-refractivity contribution in [2.45, 2.75) is 19.9 Å². The van der Waals surface area contributed by atoms with Crippen LogP contribution in [-0.4, -0.2) is 19.6 Å². The minimum absolute atomic E-state index is 0.253. The molecule has 1 atom stereocenters. The van der Waals surface area contributed by atoms with Crippen LogP contribution in [0.4, 0.5) is 5.69 Å². The van der Waals surface area contributed by atoms with Crippen LogP contribution in [0.1, 0.15) is 25.5 Å². The Morgan fingerprint density at radius 2 is 1.70 bits per heavy atom. The topological polar surface area (TPSA) is 29.5 Å². The van der Waals surface area contributed by atoms with Crippen LogP contribution >= 0.6 is 15.9 Å². The zero-order chi connectivity index (χ0) is 16.8. The van der Waals surface area contributed by atoms with Crippen molar-refractivity contribution in [3.05, 3.63) is 64.6 Å². The van der Waals surface area contributed by atoms with Crippen LogP contribution in [0.3, 0.4) is 0 Å². The van der Waals surface area contributed by atoms with E-state index in [1.54, 1.807) is 0 Å². The summed E-state index contributed by atoms with van der Waals surface area (Å²) >= 11 is 3.44. The number of carbonyl (C=O) groups excluding carboxylic acids is 1. The van der Waals surface area contributed by atoms with Gasteiger partial charge in [-0.1, -0.05) is 60.1 Å². The van der Waals surface area contributed by atoms with Crippen molar-refractivity contribution in [2.75, 3.05) is 18.6 Å². The molecular weight excluding hydrogens is 354 g/mol. The number of anilines is 1. The molecule has 0 aliphatic carbocycles. The first-order valence-electron chi connectivity index (χ1n) is 7.68. The molecule has 0 aliphatic rings. The van der Waals surface area contributed by atoms with Gasteiger partial charge in [0.1, 0.15) is 0 Å². The number of hydrogen-bond donors (Lipinski definition) is 0. The Morgan fingerprint density at radius 3 is 2.22 bits per heavy atom. The highest BCUT2D eigenvalue weighted by Crippen LogP contribution is 2.30. The van der Waals surface area contributed by atoms with Crippen LogP contribution in [0.2, 0.25) is 0 Å². The molecule has 0 spiro atoms. The van der Waals surface area contributed by atoms with Gasteiger partial charge in [-0.2, -0.15) is 0 Å². The predicted molar refractivity (Wildman–Crippen MR) is 97.5 cm³/mol. The zero-order valence-corrected chi connectivity index (χ0v) is 15.3. The van der Waals surface area contributed by atoms with Gasteiger partial charge in [0.05, 0.1) is 7.11 Å². The first-order valence-corrected chi connectivity index (χ1v) is 8.47. The number of benzene rings is 2. The number of ether oxygens (including phenoxy) is 1. The van der Waals surface area contributed by atoms with Crippen molar-refractivity contribution in [3.8, 4) is 0 Å². The van der Waals surface area contributed by atoms with Gasteiger partial charge in [0.25, 0.3) is 0 Å². The van der Waals surface area contributed by atoms with Gasteiger partial charge >= 0.3 is 5.97 Å². The largest absolute Gasteiger partial charge is 0.467 e. The molecule has 122 valence electrons. The second-order valence-electron chi connectivity index (χ2n) is 5.86. The van der Waals surface area contributed by atoms with Crippen LogP contribution < -0.4 is 4.90 Å². The summed E-state index contributed by atoms with van der Waals surface area (Å²) in [5.41, 5.74) is 1.93. The summed E-state index contributed by atoms with van der Waals surface area (Å²) in [4.78, 5) is 14.6. The number of esters is 1. The molecule has 23 heavy (non-hydrogen) atoms. The third-order valence-electron chi connectivity index (χ3n) is 3.57. The highest BCUT2D eigenvalue weighted by Gasteiger charge is 2.29. The van der Waals surface area contributed by atoms with Gasteiger partial charge in [0.2, 0.25) is 0 Å². The maximum Gasteiger partial charge on any atom is 0.333 e. The van der Waals surface area contributed by atoms with Gasteiger partial charge in [-0.25, -0.2) is 4.79 Å². The smallest absolute Gasteiger partial charge is 0.333 e. The number of methoxy groups -OCH3 is 1. The summed E-state index contributed by atoms with van der Waals surface area (Å²) in [6, 6.07) is 17.4. The van der Waals surface area contributed by atoms with Gasteiger partial charge in [0, 0.05) is 16.7 Å².